The Morgan fingerprint density at radius 3 is 1.90 bits per heavy atom. The van der Waals surface area contributed by atoms with E-state index >= 15 is 0 Å². The molecule has 168 valence electrons. The molecule has 5 nitrogen and oxygen atoms in total. The van der Waals surface area contributed by atoms with Crippen LogP contribution in [0.3, 0.4) is 0 Å². The van der Waals surface area contributed by atoms with E-state index in [1.165, 1.54) is 64.2 Å². The van der Waals surface area contributed by atoms with E-state index in [0.717, 1.165) is 18.5 Å². The van der Waals surface area contributed by atoms with Crippen molar-refractivity contribution in [1.29, 1.82) is 5.26 Å². The third kappa shape index (κ3) is 12.0. The minimum absolute atomic E-state index is 0.0781. The lowest BCUT2D eigenvalue weighted by atomic mass is 9.75. The molecule has 0 aliphatic rings. The van der Waals surface area contributed by atoms with Crippen LogP contribution in [0.1, 0.15) is 105 Å². The van der Waals surface area contributed by atoms with Crippen molar-refractivity contribution in [2.45, 2.75) is 116 Å². The van der Waals surface area contributed by atoms with Crippen molar-refractivity contribution in [1.82, 2.24) is 0 Å². The van der Waals surface area contributed by atoms with E-state index < -0.39 is 17.4 Å². The van der Waals surface area contributed by atoms with E-state index in [2.05, 4.69) is 6.92 Å². The minimum Gasteiger partial charge on any atom is -0.402 e. The van der Waals surface area contributed by atoms with Crippen LogP contribution in [-0.4, -0.2) is 17.4 Å². The maximum absolute atomic E-state index is 11.6. The molecule has 0 aliphatic heterocycles. The topological polar surface area (TPSA) is 119 Å². The van der Waals surface area contributed by atoms with E-state index in [1.54, 1.807) is 6.07 Å². The molecule has 0 aliphatic carbocycles. The molecule has 0 rings (SSSR count). The second-order valence-corrected chi connectivity index (χ2v) is 9.02. The molecule has 6 N–H and O–H groups in total. The minimum atomic E-state index is -0.820. The highest BCUT2D eigenvalue weighted by Gasteiger charge is 2.34. The van der Waals surface area contributed by atoms with Gasteiger partial charge in [-0.3, -0.25) is 4.79 Å². The standard InChI is InChI=1S/C24H46N4O/c1-5-6-7-8-9-10-11-12-13-14-15-16-21(26)17-24(4,28)20(3)19(2)23(27)22(29)18-25/h17,19-20,23H,5-16,26-28H2,1-4H3/b21-17-/t19-,20-,23?,24+/m0/s1. The predicted octanol–water partition coefficient (Wildman–Crippen LogP) is 4.94. The maximum Gasteiger partial charge on any atom is 0.248 e. The van der Waals surface area contributed by atoms with Crippen LogP contribution in [-0.2, 0) is 4.79 Å². The number of rotatable bonds is 17. The monoisotopic (exact) mass is 406 g/mol. The summed E-state index contributed by atoms with van der Waals surface area (Å²) in [6, 6.07) is 0.791. The highest BCUT2D eigenvalue weighted by molar-refractivity contribution is 5.97. The molecule has 4 atom stereocenters. The van der Waals surface area contributed by atoms with Crippen molar-refractivity contribution < 1.29 is 4.79 Å². The normalized spacial score (nSPS) is 17.2. The smallest absolute Gasteiger partial charge is 0.248 e. The van der Waals surface area contributed by atoms with Gasteiger partial charge in [0.25, 0.3) is 0 Å². The lowest BCUT2D eigenvalue weighted by Gasteiger charge is -2.35. The lowest BCUT2D eigenvalue weighted by Crippen LogP contribution is -2.50. The summed E-state index contributed by atoms with van der Waals surface area (Å²) in [5, 5.41) is 8.77. The summed E-state index contributed by atoms with van der Waals surface area (Å²) in [6.45, 7) is 7.99. The van der Waals surface area contributed by atoms with Crippen molar-refractivity contribution in [3.05, 3.63) is 11.8 Å². The molecule has 0 radical (unpaired) electrons. The van der Waals surface area contributed by atoms with Crippen LogP contribution < -0.4 is 17.2 Å². The van der Waals surface area contributed by atoms with Crippen molar-refractivity contribution in [3.63, 3.8) is 0 Å². The Morgan fingerprint density at radius 2 is 1.45 bits per heavy atom. The van der Waals surface area contributed by atoms with Gasteiger partial charge in [0.2, 0.25) is 5.78 Å². The van der Waals surface area contributed by atoms with Gasteiger partial charge in [-0.25, -0.2) is 0 Å². The average Bonchev–Trinajstić information content (AvgIpc) is 2.69. The first-order chi connectivity index (χ1) is 13.7. The summed E-state index contributed by atoms with van der Waals surface area (Å²) in [5.74, 6) is -0.882. The summed E-state index contributed by atoms with van der Waals surface area (Å²) in [4.78, 5) is 11.6. The fraction of sp³-hybridized carbons (Fsp3) is 0.833. The quantitative estimate of drug-likeness (QED) is 0.233. The number of hydrogen-bond acceptors (Lipinski definition) is 5. The lowest BCUT2D eigenvalue weighted by molar-refractivity contribution is -0.116. The van der Waals surface area contributed by atoms with Crippen molar-refractivity contribution >= 4 is 5.78 Å². The van der Waals surface area contributed by atoms with E-state index in [-0.39, 0.29) is 11.8 Å². The molecular formula is C24H46N4O. The Labute approximate surface area is 179 Å². The zero-order chi connectivity index (χ0) is 22.3. The summed E-state index contributed by atoms with van der Waals surface area (Å²) in [6.07, 6.45) is 17.1. The predicted molar refractivity (Wildman–Crippen MR) is 123 cm³/mol. The van der Waals surface area contributed by atoms with Crippen LogP contribution in [0.4, 0.5) is 0 Å². The summed E-state index contributed by atoms with van der Waals surface area (Å²) in [5.41, 5.74) is 18.7. The fourth-order valence-electron chi connectivity index (χ4n) is 3.79. The molecule has 0 amide bonds. The number of Topliss-reactive ketones (excluding diaryl/α,β-unsaturated/α-hetero) is 1. The van der Waals surface area contributed by atoms with Crippen LogP contribution in [0.5, 0.6) is 0 Å². The van der Waals surface area contributed by atoms with Gasteiger partial charge >= 0.3 is 0 Å². The van der Waals surface area contributed by atoms with Crippen LogP contribution in [0.15, 0.2) is 11.8 Å². The first kappa shape index (κ1) is 27.6. The van der Waals surface area contributed by atoms with Gasteiger partial charge in [0.1, 0.15) is 6.07 Å². The molecule has 0 saturated carbocycles. The Hall–Kier alpha value is -1.38. The first-order valence-electron chi connectivity index (χ1n) is 11.6. The molecule has 0 aromatic rings. The van der Waals surface area contributed by atoms with Gasteiger partial charge in [-0.2, -0.15) is 5.26 Å². The molecule has 0 spiro atoms. The van der Waals surface area contributed by atoms with E-state index in [0.29, 0.717) is 0 Å². The van der Waals surface area contributed by atoms with Gasteiger partial charge in [-0.15, -0.1) is 0 Å². The SMILES string of the molecule is CCCCCCCCCCCCC/C(N)=C/[C@@](C)(N)[C@@H](C)[C@H](C)C(N)C(=O)C#N. The van der Waals surface area contributed by atoms with Gasteiger partial charge in [0.15, 0.2) is 0 Å². The number of ketones is 1. The number of nitriles is 1. The Bertz CT molecular complexity index is 521. The van der Waals surface area contributed by atoms with Crippen molar-refractivity contribution in [2.24, 2.45) is 29.0 Å². The molecule has 29 heavy (non-hydrogen) atoms. The Kier molecular flexibility index (Phi) is 14.7. The third-order valence-corrected chi connectivity index (χ3v) is 6.31. The second-order valence-electron chi connectivity index (χ2n) is 9.02. The molecule has 0 heterocycles. The van der Waals surface area contributed by atoms with Crippen LogP contribution in [0, 0.1) is 23.2 Å². The van der Waals surface area contributed by atoms with Gasteiger partial charge in [0, 0.05) is 11.2 Å². The van der Waals surface area contributed by atoms with Gasteiger partial charge in [-0.05, 0) is 37.7 Å². The zero-order valence-corrected chi connectivity index (χ0v) is 19.4. The number of carbonyl (C=O) groups is 1. The number of allylic oxidation sites excluding steroid dienone is 1. The van der Waals surface area contributed by atoms with Crippen molar-refractivity contribution in [3.8, 4) is 6.07 Å². The summed E-state index contributed by atoms with van der Waals surface area (Å²) >= 11 is 0. The number of carbonyl (C=O) groups excluding carboxylic acids is 1. The molecular weight excluding hydrogens is 360 g/mol. The fourth-order valence-corrected chi connectivity index (χ4v) is 3.79. The van der Waals surface area contributed by atoms with Crippen LogP contribution in [0.25, 0.3) is 0 Å². The van der Waals surface area contributed by atoms with Crippen LogP contribution in [0.2, 0.25) is 0 Å². The van der Waals surface area contributed by atoms with Crippen LogP contribution >= 0.6 is 0 Å². The second kappa shape index (κ2) is 15.5. The molecule has 1 unspecified atom stereocenters. The van der Waals surface area contributed by atoms with E-state index in [1.807, 2.05) is 26.8 Å². The van der Waals surface area contributed by atoms with Gasteiger partial charge in [0.05, 0.1) is 6.04 Å². The largest absolute Gasteiger partial charge is 0.402 e. The summed E-state index contributed by atoms with van der Waals surface area (Å²) in [7, 11) is 0. The number of nitrogens with zero attached hydrogens (tertiary/aromatic N) is 1. The Morgan fingerprint density at radius 1 is 1.00 bits per heavy atom. The number of nitrogens with two attached hydrogens (primary N) is 3. The Balaban J connectivity index is 4.14. The first-order valence-corrected chi connectivity index (χ1v) is 11.6. The number of hydrogen-bond donors (Lipinski definition) is 3. The maximum atomic E-state index is 11.6. The van der Waals surface area contributed by atoms with Crippen molar-refractivity contribution in [2.75, 3.05) is 0 Å². The molecule has 5 heteroatoms. The summed E-state index contributed by atoms with van der Waals surface area (Å²) < 4.78 is 0. The van der Waals surface area contributed by atoms with E-state index in [9.17, 15) is 4.79 Å². The highest BCUT2D eigenvalue weighted by atomic mass is 16.1. The average molecular weight is 407 g/mol. The van der Waals surface area contributed by atoms with Gasteiger partial charge in [-0.1, -0.05) is 85.0 Å². The third-order valence-electron chi connectivity index (χ3n) is 6.31. The van der Waals surface area contributed by atoms with Gasteiger partial charge < -0.3 is 17.2 Å². The highest BCUT2D eigenvalue weighted by Crippen LogP contribution is 2.27. The molecule has 0 aromatic carbocycles. The van der Waals surface area contributed by atoms with E-state index in [4.69, 9.17) is 22.5 Å². The molecule has 0 aromatic heterocycles. The molecule has 0 fully saturated rings. The number of unbranched alkanes of at least 4 members (excludes halogenated alkanes) is 10. The zero-order valence-electron chi connectivity index (χ0n) is 19.4. The molecule has 0 bridgehead atoms. The molecule has 0 saturated heterocycles.